The van der Waals surface area contributed by atoms with Gasteiger partial charge >= 0.3 is 0 Å². The van der Waals surface area contributed by atoms with Crippen molar-refractivity contribution >= 4 is 15.9 Å². The summed E-state index contributed by atoms with van der Waals surface area (Å²) in [7, 11) is -4.19. The fourth-order valence-corrected chi connectivity index (χ4v) is 3.47. The lowest BCUT2D eigenvalue weighted by molar-refractivity contribution is 0.0676. The van der Waals surface area contributed by atoms with Crippen molar-refractivity contribution < 1.29 is 17.6 Å². The maximum atomic E-state index is 13.5. The Morgan fingerprint density at radius 1 is 1.43 bits per heavy atom. The molecule has 0 aromatic heterocycles. The van der Waals surface area contributed by atoms with E-state index in [2.05, 4.69) is 0 Å². The summed E-state index contributed by atoms with van der Waals surface area (Å²) in [6, 6.07) is 3.50. The van der Waals surface area contributed by atoms with Crippen molar-refractivity contribution in [3.8, 4) is 0 Å². The Bertz CT molecular complexity index is 660. The van der Waals surface area contributed by atoms with Crippen molar-refractivity contribution in [1.82, 2.24) is 4.90 Å². The van der Waals surface area contributed by atoms with Crippen LogP contribution >= 0.6 is 0 Å². The lowest BCUT2D eigenvalue weighted by atomic mass is 10.1. The van der Waals surface area contributed by atoms with Gasteiger partial charge in [-0.15, -0.1) is 0 Å². The molecule has 1 amide bonds. The van der Waals surface area contributed by atoms with Crippen molar-refractivity contribution in [2.24, 2.45) is 5.14 Å². The van der Waals surface area contributed by atoms with Gasteiger partial charge < -0.3 is 4.90 Å². The van der Waals surface area contributed by atoms with Gasteiger partial charge in [0.15, 0.2) is 0 Å². The topological polar surface area (TPSA) is 80.5 Å². The summed E-state index contributed by atoms with van der Waals surface area (Å²) in [6.07, 6.45) is 2.67. The minimum absolute atomic E-state index is 0.0884. The summed E-state index contributed by atoms with van der Waals surface area (Å²) in [5, 5.41) is 4.97. The number of sulfonamides is 1. The lowest BCUT2D eigenvalue weighted by Crippen LogP contribution is -2.39. The number of nitrogens with two attached hydrogens (primary N) is 1. The highest BCUT2D eigenvalue weighted by atomic mass is 32.2. The van der Waals surface area contributed by atoms with Gasteiger partial charge in [0.25, 0.3) is 5.91 Å². The highest BCUT2D eigenvalue weighted by Crippen LogP contribution is 2.28. The molecule has 7 heteroatoms. The Hall–Kier alpha value is -1.47. The second-order valence-corrected chi connectivity index (χ2v) is 6.92. The molecular formula is C14H19FN2O3S. The molecule has 1 aliphatic rings. The molecule has 1 aromatic carbocycles. The third-order valence-electron chi connectivity index (χ3n) is 3.98. The van der Waals surface area contributed by atoms with Crippen LogP contribution in [0.2, 0.25) is 0 Å². The monoisotopic (exact) mass is 314 g/mol. The average Bonchev–Trinajstić information content (AvgIpc) is 2.78. The van der Waals surface area contributed by atoms with Crippen molar-refractivity contribution in [3.05, 3.63) is 29.6 Å². The van der Waals surface area contributed by atoms with E-state index >= 15 is 0 Å². The maximum Gasteiger partial charge on any atom is 0.254 e. The van der Waals surface area contributed by atoms with Gasteiger partial charge in [-0.25, -0.2) is 17.9 Å². The summed E-state index contributed by atoms with van der Waals surface area (Å²) in [5.41, 5.74) is 0.146. The molecule has 0 saturated carbocycles. The molecule has 21 heavy (non-hydrogen) atoms. The average molecular weight is 314 g/mol. The van der Waals surface area contributed by atoms with Crippen LogP contribution in [0, 0.1) is 5.82 Å². The Labute approximate surface area is 124 Å². The third-order valence-corrected chi connectivity index (χ3v) is 4.90. The van der Waals surface area contributed by atoms with Gasteiger partial charge in [0.1, 0.15) is 10.7 Å². The Balaban J connectivity index is 2.40. The van der Waals surface area contributed by atoms with Gasteiger partial charge in [0.2, 0.25) is 10.0 Å². The van der Waals surface area contributed by atoms with E-state index in [1.165, 1.54) is 6.07 Å². The number of carbonyl (C=O) groups is 1. The molecule has 5 nitrogen and oxygen atoms in total. The van der Waals surface area contributed by atoms with Crippen LogP contribution in [-0.4, -0.2) is 31.3 Å². The molecule has 0 spiro atoms. The van der Waals surface area contributed by atoms with E-state index in [-0.39, 0.29) is 23.6 Å². The molecule has 1 aromatic rings. The molecule has 1 heterocycles. The molecule has 0 aliphatic carbocycles. The molecule has 1 saturated heterocycles. The quantitative estimate of drug-likeness (QED) is 0.925. The van der Waals surface area contributed by atoms with Crippen LogP contribution in [0.25, 0.3) is 0 Å². The van der Waals surface area contributed by atoms with E-state index in [9.17, 15) is 17.6 Å². The SMILES string of the molecule is CCC1CCC(C)N1C(=O)c1ccc(F)c(S(N)(=O)=O)c1. The van der Waals surface area contributed by atoms with Gasteiger partial charge in [-0.2, -0.15) is 0 Å². The van der Waals surface area contributed by atoms with Crippen molar-refractivity contribution in [3.63, 3.8) is 0 Å². The molecule has 2 unspecified atom stereocenters. The number of likely N-dealkylation sites (tertiary alicyclic amines) is 1. The second-order valence-electron chi connectivity index (χ2n) is 5.39. The number of hydrogen-bond acceptors (Lipinski definition) is 3. The lowest BCUT2D eigenvalue weighted by Gasteiger charge is -2.28. The third kappa shape index (κ3) is 3.08. The zero-order valence-corrected chi connectivity index (χ0v) is 12.9. The fourth-order valence-electron chi connectivity index (χ4n) is 2.84. The van der Waals surface area contributed by atoms with Gasteiger partial charge in [-0.1, -0.05) is 6.92 Å². The zero-order valence-electron chi connectivity index (χ0n) is 12.0. The highest BCUT2D eigenvalue weighted by Gasteiger charge is 2.34. The van der Waals surface area contributed by atoms with Crippen LogP contribution in [0.1, 0.15) is 43.5 Å². The predicted octanol–water partition coefficient (Wildman–Crippen LogP) is 1.88. The van der Waals surface area contributed by atoms with E-state index in [1.54, 1.807) is 4.90 Å². The molecule has 116 valence electrons. The number of benzene rings is 1. The number of amides is 1. The largest absolute Gasteiger partial charge is 0.333 e. The van der Waals surface area contributed by atoms with Gasteiger partial charge in [0, 0.05) is 17.6 Å². The minimum Gasteiger partial charge on any atom is -0.333 e. The van der Waals surface area contributed by atoms with Crippen LogP contribution < -0.4 is 5.14 Å². The van der Waals surface area contributed by atoms with E-state index < -0.39 is 20.7 Å². The normalized spacial score (nSPS) is 22.6. The number of hydrogen-bond donors (Lipinski definition) is 1. The van der Waals surface area contributed by atoms with Gasteiger partial charge in [-0.3, -0.25) is 4.79 Å². The molecule has 0 bridgehead atoms. The number of halogens is 1. The molecule has 2 atom stereocenters. The summed E-state index contributed by atoms with van der Waals surface area (Å²) >= 11 is 0. The highest BCUT2D eigenvalue weighted by molar-refractivity contribution is 7.89. The van der Waals surface area contributed by atoms with Crippen LogP contribution in [0.5, 0.6) is 0 Å². The van der Waals surface area contributed by atoms with E-state index in [1.807, 2.05) is 13.8 Å². The first-order chi connectivity index (χ1) is 9.75. The van der Waals surface area contributed by atoms with Crippen LogP contribution in [0.15, 0.2) is 23.1 Å². The maximum absolute atomic E-state index is 13.5. The first-order valence-corrected chi connectivity index (χ1v) is 8.45. The molecule has 1 aliphatic heterocycles. The fraction of sp³-hybridized carbons (Fsp3) is 0.500. The smallest absolute Gasteiger partial charge is 0.254 e. The summed E-state index contributed by atoms with van der Waals surface area (Å²) in [5.74, 6) is -1.23. The van der Waals surface area contributed by atoms with Gasteiger partial charge in [0.05, 0.1) is 0 Å². The summed E-state index contributed by atoms with van der Waals surface area (Å²) in [4.78, 5) is 13.7. The van der Waals surface area contributed by atoms with E-state index in [0.717, 1.165) is 31.4 Å². The number of nitrogens with zero attached hydrogens (tertiary/aromatic N) is 1. The molecule has 0 radical (unpaired) electrons. The van der Waals surface area contributed by atoms with Crippen molar-refractivity contribution in [1.29, 1.82) is 0 Å². The van der Waals surface area contributed by atoms with Gasteiger partial charge in [-0.05, 0) is 44.4 Å². The molecular weight excluding hydrogens is 295 g/mol. The number of rotatable bonds is 3. The molecule has 2 rings (SSSR count). The second kappa shape index (κ2) is 5.73. The Morgan fingerprint density at radius 3 is 2.67 bits per heavy atom. The molecule has 1 fully saturated rings. The predicted molar refractivity (Wildman–Crippen MR) is 76.7 cm³/mol. The first kappa shape index (κ1) is 15.9. The van der Waals surface area contributed by atoms with Crippen molar-refractivity contribution in [2.45, 2.75) is 50.1 Å². The zero-order chi connectivity index (χ0) is 15.8. The van der Waals surface area contributed by atoms with Crippen LogP contribution in [0.3, 0.4) is 0 Å². The minimum atomic E-state index is -4.19. The standard InChI is InChI=1S/C14H19FN2O3S/c1-3-11-6-4-9(2)17(11)14(18)10-5-7-12(15)13(8-10)21(16,19)20/h5,7-9,11H,3-4,6H2,1-2H3,(H2,16,19,20). The number of primary sulfonamides is 1. The number of carbonyl (C=O) groups excluding carboxylic acids is 1. The van der Waals surface area contributed by atoms with E-state index in [4.69, 9.17) is 5.14 Å². The Kier molecular flexibility index (Phi) is 4.34. The molecule has 2 N–H and O–H groups in total. The first-order valence-electron chi connectivity index (χ1n) is 6.90. The van der Waals surface area contributed by atoms with Crippen molar-refractivity contribution in [2.75, 3.05) is 0 Å². The Morgan fingerprint density at radius 2 is 2.10 bits per heavy atom. The van der Waals surface area contributed by atoms with Crippen LogP contribution in [-0.2, 0) is 10.0 Å². The summed E-state index contributed by atoms with van der Waals surface area (Å²) < 4.78 is 36.2. The van der Waals surface area contributed by atoms with Crippen LogP contribution in [0.4, 0.5) is 4.39 Å². The summed E-state index contributed by atoms with van der Waals surface area (Å²) in [6.45, 7) is 3.96. The van der Waals surface area contributed by atoms with E-state index in [0.29, 0.717) is 0 Å².